The number of carboxylic acid groups (broad SMARTS) is 3. The Morgan fingerprint density at radius 3 is 1.92 bits per heavy atom. The van der Waals surface area contributed by atoms with Gasteiger partial charge in [-0.15, -0.1) is 0 Å². The fourth-order valence-corrected chi connectivity index (χ4v) is 3.16. The summed E-state index contributed by atoms with van der Waals surface area (Å²) in [6.07, 6.45) is 3.58. The van der Waals surface area contributed by atoms with Crippen molar-refractivity contribution in [3.05, 3.63) is 0 Å². The minimum atomic E-state index is -1.43. The molecule has 9 N–H and O–H groups in total. The molecule has 14 heteroatoms. The fourth-order valence-electron chi connectivity index (χ4n) is 3.16. The number of unbranched alkanes of at least 4 members (excludes halogenated alkanes) is 3. The minimum Gasteiger partial charge on any atom is -0.480 e. The van der Waals surface area contributed by atoms with Gasteiger partial charge in [0, 0.05) is 6.42 Å². The topological polar surface area (TPSA) is 237 Å². The quantitative estimate of drug-likeness (QED) is 0.111. The molecule has 0 aromatic carbocycles. The largest absolute Gasteiger partial charge is 0.480 e. The van der Waals surface area contributed by atoms with E-state index < -0.39 is 66.0 Å². The third-order valence-corrected chi connectivity index (χ3v) is 5.37. The standard InChI is InChI=1S/C22H39N5O9/c1-4-5-6-7-11-16(28)27-17(21(34)35)12(2)25-22(36)26-15(10-8-9-14(23)20(32)33)18(29)24-13(3)19(30)31/h12-15,17H,4-11,23H2,1-3H3,(H,24,29)(H,27,28)(H,30,31)(H,32,33)(H,34,35)(H2,25,26,36)/t12-,13-,14-,15+,17-/m1/s1. The van der Waals surface area contributed by atoms with Gasteiger partial charge in [-0.05, 0) is 39.5 Å². The Morgan fingerprint density at radius 2 is 1.39 bits per heavy atom. The number of amides is 4. The minimum absolute atomic E-state index is 0.00131. The SMILES string of the molecule is CCCCCCC(=O)N[C@@H](C(=O)O)[C@@H](C)NC(=O)N[C@@H](CCC[C@@H](N)C(=O)O)C(=O)N[C@H](C)C(=O)O. The van der Waals surface area contributed by atoms with Crippen LogP contribution >= 0.6 is 0 Å². The van der Waals surface area contributed by atoms with E-state index in [9.17, 15) is 33.9 Å². The maximum Gasteiger partial charge on any atom is 0.328 e. The molecular weight excluding hydrogens is 478 g/mol. The highest BCUT2D eigenvalue weighted by atomic mass is 16.4. The molecule has 0 fully saturated rings. The number of carbonyl (C=O) groups excluding carboxylic acids is 3. The lowest BCUT2D eigenvalue weighted by molar-refractivity contribution is -0.142. The zero-order valence-electron chi connectivity index (χ0n) is 20.9. The third kappa shape index (κ3) is 13.5. The van der Waals surface area contributed by atoms with E-state index >= 15 is 0 Å². The summed E-state index contributed by atoms with van der Waals surface area (Å²) in [4.78, 5) is 70.7. The van der Waals surface area contributed by atoms with Crippen LogP contribution in [-0.4, -0.2) is 81.3 Å². The van der Waals surface area contributed by atoms with Crippen LogP contribution < -0.4 is 27.0 Å². The van der Waals surface area contributed by atoms with Crippen molar-refractivity contribution in [2.75, 3.05) is 0 Å². The van der Waals surface area contributed by atoms with E-state index in [-0.39, 0.29) is 25.7 Å². The van der Waals surface area contributed by atoms with Crippen LogP contribution in [-0.2, 0) is 24.0 Å². The van der Waals surface area contributed by atoms with Crippen molar-refractivity contribution in [2.45, 2.75) is 102 Å². The molecule has 14 nitrogen and oxygen atoms in total. The number of urea groups is 1. The van der Waals surface area contributed by atoms with Gasteiger partial charge < -0.3 is 42.3 Å². The molecule has 4 amide bonds. The smallest absolute Gasteiger partial charge is 0.328 e. The summed E-state index contributed by atoms with van der Waals surface area (Å²) >= 11 is 0. The third-order valence-electron chi connectivity index (χ3n) is 5.37. The van der Waals surface area contributed by atoms with E-state index in [1.54, 1.807) is 0 Å². The van der Waals surface area contributed by atoms with Crippen molar-refractivity contribution in [2.24, 2.45) is 5.73 Å². The number of hydrogen-bond donors (Lipinski definition) is 8. The summed E-state index contributed by atoms with van der Waals surface area (Å²) in [5.41, 5.74) is 5.45. The number of hydrogen-bond acceptors (Lipinski definition) is 7. The summed E-state index contributed by atoms with van der Waals surface area (Å²) in [5, 5.41) is 36.7. The molecule has 0 saturated carbocycles. The molecule has 0 aromatic heterocycles. The Hall–Kier alpha value is -3.42. The Labute approximate surface area is 209 Å². The Balaban J connectivity index is 5.14. The molecule has 0 saturated heterocycles. The molecule has 0 aliphatic heterocycles. The predicted octanol–water partition coefficient (Wildman–Crippen LogP) is -0.246. The van der Waals surface area contributed by atoms with Crippen molar-refractivity contribution < 1.29 is 44.1 Å². The molecule has 0 unspecified atom stereocenters. The number of nitrogens with two attached hydrogens (primary N) is 1. The van der Waals surface area contributed by atoms with Crippen LogP contribution in [0.3, 0.4) is 0 Å². The second-order valence-corrected chi connectivity index (χ2v) is 8.60. The summed E-state index contributed by atoms with van der Waals surface area (Å²) in [6, 6.07) is -7.11. The van der Waals surface area contributed by atoms with E-state index in [1.165, 1.54) is 13.8 Å². The van der Waals surface area contributed by atoms with Crippen molar-refractivity contribution in [3.63, 3.8) is 0 Å². The highest BCUT2D eigenvalue weighted by Gasteiger charge is 2.30. The van der Waals surface area contributed by atoms with Gasteiger partial charge in [0.2, 0.25) is 11.8 Å². The van der Waals surface area contributed by atoms with E-state index in [1.807, 2.05) is 6.92 Å². The van der Waals surface area contributed by atoms with Crippen LogP contribution in [0, 0.1) is 0 Å². The van der Waals surface area contributed by atoms with Crippen LogP contribution in [0.1, 0.15) is 72.1 Å². The number of rotatable bonds is 18. The van der Waals surface area contributed by atoms with Crippen LogP contribution in [0.15, 0.2) is 0 Å². The van der Waals surface area contributed by atoms with E-state index in [0.717, 1.165) is 19.3 Å². The Bertz CT molecular complexity index is 777. The normalized spacial score (nSPS) is 14.9. The maximum absolute atomic E-state index is 12.5. The second kappa shape index (κ2) is 17.1. The Morgan fingerprint density at radius 1 is 0.750 bits per heavy atom. The maximum atomic E-state index is 12.5. The predicted molar refractivity (Wildman–Crippen MR) is 128 cm³/mol. The van der Waals surface area contributed by atoms with E-state index in [0.29, 0.717) is 6.42 Å². The molecule has 0 bridgehead atoms. The summed E-state index contributed by atoms with van der Waals surface area (Å²) in [5.74, 6) is -5.20. The van der Waals surface area contributed by atoms with Gasteiger partial charge in [-0.25, -0.2) is 9.59 Å². The van der Waals surface area contributed by atoms with Crippen LogP contribution in [0.2, 0.25) is 0 Å². The first-order valence-corrected chi connectivity index (χ1v) is 11.9. The number of nitrogens with one attached hydrogen (secondary N) is 4. The first-order valence-electron chi connectivity index (χ1n) is 11.9. The molecule has 0 radical (unpaired) electrons. The molecule has 36 heavy (non-hydrogen) atoms. The fraction of sp³-hybridized carbons (Fsp3) is 0.727. The highest BCUT2D eigenvalue weighted by Crippen LogP contribution is 2.06. The monoisotopic (exact) mass is 517 g/mol. The lowest BCUT2D eigenvalue weighted by Gasteiger charge is -2.25. The molecule has 0 aromatic rings. The molecule has 0 rings (SSSR count). The van der Waals surface area contributed by atoms with Crippen molar-refractivity contribution >= 4 is 35.8 Å². The number of aliphatic carboxylic acids is 3. The Kier molecular flexibility index (Phi) is 15.5. The summed E-state index contributed by atoms with van der Waals surface area (Å²) in [7, 11) is 0. The van der Waals surface area contributed by atoms with Crippen LogP contribution in [0.4, 0.5) is 4.79 Å². The van der Waals surface area contributed by atoms with Crippen molar-refractivity contribution in [1.82, 2.24) is 21.3 Å². The second-order valence-electron chi connectivity index (χ2n) is 8.60. The average Bonchev–Trinajstić information content (AvgIpc) is 2.78. The van der Waals surface area contributed by atoms with Gasteiger partial charge in [-0.2, -0.15) is 0 Å². The van der Waals surface area contributed by atoms with Gasteiger partial charge in [0.15, 0.2) is 0 Å². The number of carbonyl (C=O) groups is 6. The first-order chi connectivity index (χ1) is 16.8. The average molecular weight is 518 g/mol. The zero-order chi connectivity index (χ0) is 27.8. The van der Waals surface area contributed by atoms with Gasteiger partial charge in [-0.3, -0.25) is 19.2 Å². The van der Waals surface area contributed by atoms with Crippen molar-refractivity contribution in [1.29, 1.82) is 0 Å². The molecule has 206 valence electrons. The van der Waals surface area contributed by atoms with Gasteiger partial charge in [0.1, 0.15) is 24.2 Å². The molecule has 0 spiro atoms. The van der Waals surface area contributed by atoms with E-state index in [4.69, 9.17) is 15.9 Å². The molecule has 0 heterocycles. The van der Waals surface area contributed by atoms with Gasteiger partial charge in [0.25, 0.3) is 0 Å². The number of carboxylic acids is 3. The van der Waals surface area contributed by atoms with Crippen LogP contribution in [0.5, 0.6) is 0 Å². The molecule has 0 aliphatic carbocycles. The van der Waals surface area contributed by atoms with Gasteiger partial charge in [-0.1, -0.05) is 26.2 Å². The molecular formula is C22H39N5O9. The lowest BCUT2D eigenvalue weighted by atomic mass is 10.0. The lowest BCUT2D eigenvalue weighted by Crippen LogP contribution is -2.58. The van der Waals surface area contributed by atoms with Crippen LogP contribution in [0.25, 0.3) is 0 Å². The summed E-state index contributed by atoms with van der Waals surface area (Å²) in [6.45, 7) is 4.61. The highest BCUT2D eigenvalue weighted by molar-refractivity contribution is 5.90. The van der Waals surface area contributed by atoms with Gasteiger partial charge >= 0.3 is 23.9 Å². The summed E-state index contributed by atoms with van der Waals surface area (Å²) < 4.78 is 0. The van der Waals surface area contributed by atoms with Gasteiger partial charge in [0.05, 0.1) is 6.04 Å². The first kappa shape index (κ1) is 32.6. The van der Waals surface area contributed by atoms with Crippen molar-refractivity contribution in [3.8, 4) is 0 Å². The van der Waals surface area contributed by atoms with E-state index in [2.05, 4.69) is 21.3 Å². The molecule has 5 atom stereocenters. The zero-order valence-corrected chi connectivity index (χ0v) is 20.9. The molecule has 0 aliphatic rings.